The zero-order valence-electron chi connectivity index (χ0n) is 22.1. The van der Waals surface area contributed by atoms with Gasteiger partial charge in [-0.25, -0.2) is 14.0 Å². The minimum atomic E-state index is -4.53. The monoisotopic (exact) mass is 562 g/mol. The molecule has 4 rings (SSSR count). The van der Waals surface area contributed by atoms with Crippen LogP contribution in [0.15, 0.2) is 59.8 Å². The van der Waals surface area contributed by atoms with Gasteiger partial charge in [-0.2, -0.15) is 13.2 Å². The molecule has 8 nitrogen and oxygen atoms in total. The third kappa shape index (κ3) is 6.27. The van der Waals surface area contributed by atoms with Gasteiger partial charge in [-0.3, -0.25) is 14.6 Å². The third-order valence-corrected chi connectivity index (χ3v) is 6.95. The van der Waals surface area contributed by atoms with Gasteiger partial charge in [0.1, 0.15) is 5.82 Å². The first-order chi connectivity index (χ1) is 19.0. The van der Waals surface area contributed by atoms with E-state index in [1.165, 1.54) is 41.3 Å². The number of piperazine rings is 1. The van der Waals surface area contributed by atoms with Crippen LogP contribution in [0.4, 0.5) is 22.4 Å². The second-order valence-corrected chi connectivity index (χ2v) is 9.40. The third-order valence-electron chi connectivity index (χ3n) is 6.95. The molecule has 2 heterocycles. The van der Waals surface area contributed by atoms with Crippen molar-refractivity contribution in [2.24, 2.45) is 0 Å². The van der Waals surface area contributed by atoms with Crippen molar-refractivity contribution >= 4 is 17.9 Å². The Kier molecular flexibility index (Phi) is 8.77. The van der Waals surface area contributed by atoms with Gasteiger partial charge in [0.2, 0.25) is 0 Å². The average Bonchev–Trinajstić information content (AvgIpc) is 2.93. The van der Waals surface area contributed by atoms with Crippen molar-refractivity contribution in [1.29, 1.82) is 0 Å². The number of likely N-dealkylation sites (N-methyl/N-ethyl adjacent to an activating group) is 1. The molecule has 1 atom stereocenters. The number of ether oxygens (including phenoxy) is 1. The van der Waals surface area contributed by atoms with Crippen LogP contribution >= 0.6 is 0 Å². The Hall–Kier alpha value is -3.93. The molecule has 0 radical (unpaired) electrons. The second kappa shape index (κ2) is 12.1. The average molecular weight is 563 g/mol. The fourth-order valence-corrected chi connectivity index (χ4v) is 4.87. The summed E-state index contributed by atoms with van der Waals surface area (Å²) in [4.78, 5) is 44.2. The molecule has 0 bridgehead atoms. The highest BCUT2D eigenvalue weighted by Crippen LogP contribution is 2.35. The van der Waals surface area contributed by atoms with Gasteiger partial charge in [-0.1, -0.05) is 12.1 Å². The molecule has 40 heavy (non-hydrogen) atoms. The molecule has 1 N–H and O–H groups in total. The van der Waals surface area contributed by atoms with Gasteiger partial charge in [-0.05, 0) is 55.8 Å². The number of esters is 1. The lowest BCUT2D eigenvalue weighted by molar-refractivity contribution is -0.139. The van der Waals surface area contributed by atoms with Gasteiger partial charge in [-0.15, -0.1) is 0 Å². The summed E-state index contributed by atoms with van der Waals surface area (Å²) in [5.74, 6) is -1.33. The minimum absolute atomic E-state index is 0.0690. The molecule has 1 saturated heterocycles. The molecule has 3 amide bonds. The maximum absolute atomic E-state index is 13.2. The Morgan fingerprint density at radius 3 is 2.15 bits per heavy atom. The number of nitrogens with one attached hydrogen (secondary N) is 1. The zero-order chi connectivity index (χ0) is 29.0. The van der Waals surface area contributed by atoms with E-state index in [2.05, 4.69) is 5.32 Å². The Morgan fingerprint density at radius 1 is 0.975 bits per heavy atom. The molecule has 2 aromatic carbocycles. The number of amides is 3. The SMILES string of the molecule is CCOC(=O)C1=C(CN2CCN(C(=O)c3ccc(F)cc3)CC2)N(CC)C(=O)NC1c1ccc(C(F)(F)F)cc1. The molecule has 1 unspecified atom stereocenters. The predicted octanol–water partition coefficient (Wildman–Crippen LogP) is 4.21. The highest BCUT2D eigenvalue weighted by molar-refractivity contribution is 5.95. The van der Waals surface area contributed by atoms with Crippen molar-refractivity contribution in [1.82, 2.24) is 20.0 Å². The van der Waals surface area contributed by atoms with Crippen LogP contribution < -0.4 is 5.32 Å². The summed E-state index contributed by atoms with van der Waals surface area (Å²) in [5, 5.41) is 2.74. The Bertz CT molecular complexity index is 1270. The van der Waals surface area contributed by atoms with Crippen LogP contribution in [0.5, 0.6) is 0 Å². The summed E-state index contributed by atoms with van der Waals surface area (Å²) in [7, 11) is 0. The van der Waals surface area contributed by atoms with Crippen molar-refractivity contribution in [3.63, 3.8) is 0 Å². The van der Waals surface area contributed by atoms with E-state index in [0.29, 0.717) is 43.0 Å². The number of carbonyl (C=O) groups is 3. The van der Waals surface area contributed by atoms with Crippen LogP contribution in [0.25, 0.3) is 0 Å². The first-order valence-electron chi connectivity index (χ1n) is 13.0. The number of nitrogens with zero attached hydrogens (tertiary/aromatic N) is 3. The first-order valence-corrected chi connectivity index (χ1v) is 13.0. The fraction of sp³-hybridized carbons (Fsp3) is 0.393. The van der Waals surface area contributed by atoms with Crippen LogP contribution in [0.2, 0.25) is 0 Å². The minimum Gasteiger partial charge on any atom is -0.463 e. The number of halogens is 4. The van der Waals surface area contributed by atoms with Crippen LogP contribution in [0.3, 0.4) is 0 Å². The number of hydrogen-bond acceptors (Lipinski definition) is 5. The van der Waals surface area contributed by atoms with Crippen molar-refractivity contribution in [2.45, 2.75) is 26.1 Å². The Morgan fingerprint density at radius 2 is 1.60 bits per heavy atom. The number of hydrogen-bond donors (Lipinski definition) is 1. The Balaban J connectivity index is 1.60. The summed E-state index contributed by atoms with van der Waals surface area (Å²) in [6, 6.07) is 8.14. The van der Waals surface area contributed by atoms with E-state index in [9.17, 15) is 31.9 Å². The summed E-state index contributed by atoms with van der Waals surface area (Å²) >= 11 is 0. The lowest BCUT2D eigenvalue weighted by Gasteiger charge is -2.40. The van der Waals surface area contributed by atoms with Gasteiger partial charge in [0, 0.05) is 50.5 Å². The Labute approximate surface area is 229 Å². The molecular formula is C28H30F4N4O4. The van der Waals surface area contributed by atoms with E-state index in [1.807, 2.05) is 4.90 Å². The quantitative estimate of drug-likeness (QED) is 0.404. The standard InChI is InChI=1S/C28H30F4N4O4/c1-3-36-22(17-34-13-15-35(16-14-34)25(37)19-7-11-21(29)12-8-19)23(26(38)40-4-2)24(33-27(36)39)18-5-9-20(10-6-18)28(30,31)32/h5-12,24H,3-4,13-17H2,1-2H3,(H,33,39). The number of urea groups is 1. The number of carbonyl (C=O) groups excluding carboxylic acids is 3. The molecule has 1 fully saturated rings. The summed E-state index contributed by atoms with van der Waals surface area (Å²) < 4.78 is 58.0. The molecular weight excluding hydrogens is 532 g/mol. The smallest absolute Gasteiger partial charge is 0.416 e. The van der Waals surface area contributed by atoms with Gasteiger partial charge in [0.25, 0.3) is 5.91 Å². The highest BCUT2D eigenvalue weighted by Gasteiger charge is 2.39. The van der Waals surface area contributed by atoms with Crippen LogP contribution in [-0.4, -0.2) is 78.5 Å². The maximum Gasteiger partial charge on any atom is 0.416 e. The molecule has 12 heteroatoms. The van der Waals surface area contributed by atoms with Crippen LogP contribution in [0, 0.1) is 5.82 Å². The van der Waals surface area contributed by atoms with E-state index in [4.69, 9.17) is 4.74 Å². The number of rotatable bonds is 7. The molecule has 214 valence electrons. The maximum atomic E-state index is 13.2. The van der Waals surface area contributed by atoms with Gasteiger partial charge >= 0.3 is 18.2 Å². The summed E-state index contributed by atoms with van der Waals surface area (Å²) in [6.45, 7) is 5.52. The lowest BCUT2D eigenvalue weighted by atomic mass is 9.93. The topological polar surface area (TPSA) is 82.2 Å². The molecule has 0 aliphatic carbocycles. The number of benzene rings is 2. The van der Waals surface area contributed by atoms with Crippen molar-refractivity contribution in [3.8, 4) is 0 Å². The van der Waals surface area contributed by atoms with Crippen LogP contribution in [-0.2, 0) is 15.7 Å². The van der Waals surface area contributed by atoms with Crippen LogP contribution in [0.1, 0.15) is 41.4 Å². The fourth-order valence-electron chi connectivity index (χ4n) is 4.87. The highest BCUT2D eigenvalue weighted by atomic mass is 19.4. The van der Waals surface area contributed by atoms with E-state index in [0.717, 1.165) is 12.1 Å². The van der Waals surface area contributed by atoms with Crippen molar-refractivity contribution in [3.05, 3.63) is 82.3 Å². The molecule has 2 aliphatic rings. The summed E-state index contributed by atoms with van der Waals surface area (Å²) in [5.41, 5.74) is 0.388. The molecule has 0 saturated carbocycles. The van der Waals surface area contributed by atoms with Gasteiger partial charge < -0.3 is 15.0 Å². The van der Waals surface area contributed by atoms with Crippen molar-refractivity contribution in [2.75, 3.05) is 45.9 Å². The van der Waals surface area contributed by atoms with Gasteiger partial charge in [0.05, 0.1) is 23.8 Å². The lowest BCUT2D eigenvalue weighted by Crippen LogP contribution is -2.53. The second-order valence-electron chi connectivity index (χ2n) is 9.40. The molecule has 2 aromatic rings. The van der Waals surface area contributed by atoms with Gasteiger partial charge in [0.15, 0.2) is 0 Å². The first kappa shape index (κ1) is 29.1. The predicted molar refractivity (Wildman–Crippen MR) is 137 cm³/mol. The normalized spacial score (nSPS) is 18.6. The van der Waals surface area contributed by atoms with E-state index in [-0.39, 0.29) is 31.2 Å². The van der Waals surface area contributed by atoms with Crippen molar-refractivity contribution < 1.29 is 36.7 Å². The zero-order valence-corrected chi connectivity index (χ0v) is 22.1. The number of alkyl halides is 3. The summed E-state index contributed by atoms with van der Waals surface area (Å²) in [6.07, 6.45) is -4.53. The molecule has 0 spiro atoms. The molecule has 0 aromatic heterocycles. The van der Waals surface area contributed by atoms with E-state index in [1.54, 1.807) is 18.7 Å². The van der Waals surface area contributed by atoms with E-state index >= 15 is 0 Å². The molecule has 2 aliphatic heterocycles. The largest absolute Gasteiger partial charge is 0.463 e. The van der Waals surface area contributed by atoms with E-state index < -0.39 is 35.6 Å².